The van der Waals surface area contributed by atoms with Gasteiger partial charge in [0.2, 0.25) is 5.91 Å². The van der Waals surface area contributed by atoms with Gasteiger partial charge in [-0.05, 0) is 53.7 Å². The molecular formula is C19H28N2O5. The fourth-order valence-corrected chi connectivity index (χ4v) is 1.93. The Morgan fingerprint density at radius 1 is 0.923 bits per heavy atom. The first-order valence-corrected chi connectivity index (χ1v) is 8.43. The molecule has 1 atom stereocenters. The molecule has 2 N–H and O–H groups in total. The Morgan fingerprint density at radius 3 is 1.96 bits per heavy atom. The Morgan fingerprint density at radius 2 is 1.46 bits per heavy atom. The van der Waals surface area contributed by atoms with Crippen LogP contribution in [0.25, 0.3) is 0 Å². The van der Waals surface area contributed by atoms with Gasteiger partial charge in [-0.2, -0.15) is 0 Å². The normalized spacial score (nSPS) is 12.7. The van der Waals surface area contributed by atoms with Gasteiger partial charge in [0.1, 0.15) is 17.2 Å². The van der Waals surface area contributed by atoms with Gasteiger partial charge in [-0.3, -0.25) is 4.79 Å². The van der Waals surface area contributed by atoms with Crippen LogP contribution in [0.2, 0.25) is 0 Å². The van der Waals surface area contributed by atoms with Crippen molar-refractivity contribution in [2.45, 2.75) is 65.2 Å². The van der Waals surface area contributed by atoms with Gasteiger partial charge in [-0.1, -0.05) is 18.2 Å². The lowest BCUT2D eigenvalue weighted by molar-refractivity contribution is -0.158. The smallest absolute Gasteiger partial charge is 0.408 e. The molecule has 0 radical (unpaired) electrons. The third kappa shape index (κ3) is 9.05. The number of carbonyl (C=O) groups is 3. The molecule has 0 saturated carbocycles. The topological polar surface area (TPSA) is 93.7 Å². The molecule has 7 heteroatoms. The van der Waals surface area contributed by atoms with Crippen LogP contribution >= 0.6 is 0 Å². The summed E-state index contributed by atoms with van der Waals surface area (Å²) < 4.78 is 10.5. The molecule has 0 heterocycles. The molecular weight excluding hydrogens is 336 g/mol. The van der Waals surface area contributed by atoms with Crippen LogP contribution in [0, 0.1) is 0 Å². The number of hydrogen-bond donors (Lipinski definition) is 2. The van der Waals surface area contributed by atoms with Crippen molar-refractivity contribution >= 4 is 23.7 Å². The largest absolute Gasteiger partial charge is 0.458 e. The Kier molecular flexibility index (Phi) is 7.18. The standard InChI is InChI=1S/C19H28N2O5/c1-18(2,3)25-16(23)14(21-17(24)26-19(4,5)6)12-15(22)20-13-10-8-7-9-11-13/h7-11,14H,12H2,1-6H3,(H,20,22)(H,21,24)/t14-/m1/s1. The number of benzene rings is 1. The van der Waals surface area contributed by atoms with Crippen molar-refractivity contribution < 1.29 is 23.9 Å². The summed E-state index contributed by atoms with van der Waals surface area (Å²) in [5, 5.41) is 5.09. The van der Waals surface area contributed by atoms with Crippen molar-refractivity contribution in [1.29, 1.82) is 0 Å². The third-order valence-electron chi connectivity index (χ3n) is 2.83. The highest BCUT2D eigenvalue weighted by Gasteiger charge is 2.30. The average molecular weight is 364 g/mol. The van der Waals surface area contributed by atoms with E-state index in [2.05, 4.69) is 10.6 Å². The third-order valence-corrected chi connectivity index (χ3v) is 2.83. The second-order valence-corrected chi connectivity index (χ2v) is 7.85. The molecule has 1 rings (SSSR count). The quantitative estimate of drug-likeness (QED) is 0.782. The number of rotatable bonds is 5. The average Bonchev–Trinajstić information content (AvgIpc) is 2.43. The number of nitrogens with one attached hydrogen (secondary N) is 2. The van der Waals surface area contributed by atoms with Crippen LogP contribution in [0.5, 0.6) is 0 Å². The number of para-hydroxylation sites is 1. The molecule has 1 aromatic carbocycles. The molecule has 2 amide bonds. The monoisotopic (exact) mass is 364 g/mol. The second kappa shape index (κ2) is 8.69. The molecule has 0 spiro atoms. The van der Waals surface area contributed by atoms with Crippen molar-refractivity contribution in [1.82, 2.24) is 5.32 Å². The number of carbonyl (C=O) groups excluding carboxylic acids is 3. The summed E-state index contributed by atoms with van der Waals surface area (Å²) in [6.45, 7) is 10.2. The zero-order chi connectivity index (χ0) is 20.0. The van der Waals surface area contributed by atoms with Gasteiger partial charge in [0, 0.05) is 5.69 Å². The summed E-state index contributed by atoms with van der Waals surface area (Å²) >= 11 is 0. The van der Waals surface area contributed by atoms with Crippen molar-refractivity contribution in [3.8, 4) is 0 Å². The summed E-state index contributed by atoms with van der Waals surface area (Å²) in [6.07, 6.45) is -1.07. The molecule has 144 valence electrons. The molecule has 0 saturated heterocycles. The molecule has 0 aromatic heterocycles. The van der Waals surface area contributed by atoms with Gasteiger partial charge in [0.05, 0.1) is 6.42 Å². The first-order chi connectivity index (χ1) is 11.9. The highest BCUT2D eigenvalue weighted by Crippen LogP contribution is 2.13. The maximum absolute atomic E-state index is 12.4. The van der Waals surface area contributed by atoms with E-state index in [1.165, 1.54) is 0 Å². The minimum Gasteiger partial charge on any atom is -0.458 e. The minimum atomic E-state index is -1.16. The van der Waals surface area contributed by atoms with Gasteiger partial charge >= 0.3 is 12.1 Å². The van der Waals surface area contributed by atoms with E-state index in [1.54, 1.807) is 65.8 Å². The van der Waals surface area contributed by atoms with Gasteiger partial charge in [-0.15, -0.1) is 0 Å². The molecule has 1 aromatic rings. The molecule has 26 heavy (non-hydrogen) atoms. The maximum Gasteiger partial charge on any atom is 0.408 e. The number of hydrogen-bond acceptors (Lipinski definition) is 5. The molecule has 0 aliphatic heterocycles. The van der Waals surface area contributed by atoms with E-state index < -0.39 is 35.2 Å². The number of amides is 2. The van der Waals surface area contributed by atoms with Gasteiger partial charge in [0.25, 0.3) is 0 Å². The fourth-order valence-electron chi connectivity index (χ4n) is 1.93. The first-order valence-electron chi connectivity index (χ1n) is 8.43. The van der Waals surface area contributed by atoms with Crippen LogP contribution in [0.4, 0.5) is 10.5 Å². The Bertz CT molecular complexity index is 630. The predicted molar refractivity (Wildman–Crippen MR) is 98.7 cm³/mol. The van der Waals surface area contributed by atoms with Gasteiger partial charge < -0.3 is 20.1 Å². The van der Waals surface area contributed by atoms with Crippen LogP contribution in [0.3, 0.4) is 0 Å². The number of ether oxygens (including phenoxy) is 2. The fraction of sp³-hybridized carbons (Fsp3) is 0.526. The minimum absolute atomic E-state index is 0.275. The summed E-state index contributed by atoms with van der Waals surface area (Å²) in [4.78, 5) is 36.6. The van der Waals surface area contributed by atoms with E-state index in [4.69, 9.17) is 9.47 Å². The van der Waals surface area contributed by atoms with Crippen LogP contribution in [0.1, 0.15) is 48.0 Å². The van der Waals surface area contributed by atoms with Crippen molar-refractivity contribution in [2.24, 2.45) is 0 Å². The molecule has 0 bridgehead atoms. The van der Waals surface area contributed by atoms with Crippen molar-refractivity contribution in [2.75, 3.05) is 5.32 Å². The predicted octanol–water partition coefficient (Wildman–Crippen LogP) is 3.25. The van der Waals surface area contributed by atoms with E-state index in [0.717, 1.165) is 0 Å². The van der Waals surface area contributed by atoms with Crippen LogP contribution < -0.4 is 10.6 Å². The van der Waals surface area contributed by atoms with E-state index in [0.29, 0.717) is 5.69 Å². The highest BCUT2D eigenvalue weighted by atomic mass is 16.6. The van der Waals surface area contributed by atoms with Crippen molar-refractivity contribution in [3.05, 3.63) is 30.3 Å². The van der Waals surface area contributed by atoms with E-state index in [9.17, 15) is 14.4 Å². The van der Waals surface area contributed by atoms with Crippen LogP contribution in [-0.2, 0) is 19.1 Å². The molecule has 7 nitrogen and oxygen atoms in total. The number of esters is 1. The zero-order valence-electron chi connectivity index (χ0n) is 16.2. The molecule has 0 unspecified atom stereocenters. The van der Waals surface area contributed by atoms with Crippen LogP contribution in [0.15, 0.2) is 30.3 Å². The summed E-state index contributed by atoms with van der Waals surface area (Å²) in [6, 6.07) is 7.67. The van der Waals surface area contributed by atoms with Crippen molar-refractivity contribution in [3.63, 3.8) is 0 Å². The maximum atomic E-state index is 12.4. The zero-order valence-corrected chi connectivity index (χ0v) is 16.2. The van der Waals surface area contributed by atoms with Gasteiger partial charge in [0.15, 0.2) is 0 Å². The molecule has 0 aliphatic rings. The summed E-state index contributed by atoms with van der Waals surface area (Å²) in [5.41, 5.74) is -0.881. The van der Waals surface area contributed by atoms with E-state index in [1.807, 2.05) is 6.07 Å². The lowest BCUT2D eigenvalue weighted by atomic mass is 10.1. The van der Waals surface area contributed by atoms with Crippen LogP contribution in [-0.4, -0.2) is 35.2 Å². The highest BCUT2D eigenvalue weighted by molar-refractivity contribution is 5.95. The molecule has 0 fully saturated rings. The summed E-state index contributed by atoms with van der Waals surface area (Å²) in [5.74, 6) is -1.13. The lowest BCUT2D eigenvalue weighted by Gasteiger charge is -2.26. The molecule has 0 aliphatic carbocycles. The van der Waals surface area contributed by atoms with E-state index in [-0.39, 0.29) is 6.42 Å². The Hall–Kier alpha value is -2.57. The van der Waals surface area contributed by atoms with Gasteiger partial charge in [-0.25, -0.2) is 9.59 Å². The first kappa shape index (κ1) is 21.5. The number of alkyl carbamates (subject to hydrolysis) is 1. The second-order valence-electron chi connectivity index (χ2n) is 7.85. The van der Waals surface area contributed by atoms with E-state index >= 15 is 0 Å². The number of anilines is 1. The lowest BCUT2D eigenvalue weighted by Crippen LogP contribution is -2.47. The Balaban J connectivity index is 2.80. The summed E-state index contributed by atoms with van der Waals surface area (Å²) in [7, 11) is 0. The Labute approximate surface area is 154 Å². The SMILES string of the molecule is CC(C)(C)OC(=O)N[C@H](CC(=O)Nc1ccccc1)C(=O)OC(C)(C)C.